The second-order valence-corrected chi connectivity index (χ2v) is 4.35. The van der Waals surface area contributed by atoms with E-state index in [4.69, 9.17) is 5.73 Å². The zero-order valence-electron chi connectivity index (χ0n) is 8.28. The van der Waals surface area contributed by atoms with Gasteiger partial charge in [-0.25, -0.2) is 8.78 Å². The molecular weight excluding hydrogens is 232 g/mol. The molecule has 0 fully saturated rings. The number of hydrogen-bond acceptors (Lipinski definition) is 4. The molecule has 6 heteroatoms. The molecule has 2 rings (SSSR count). The standard InChI is InChI=1S/C10H9F2N3S/c11-7-2-1-6(8(12)4-7)3-9-14-15-10(5-13)16-9/h1-2,4H,3,5,13H2. The first kappa shape index (κ1) is 11.1. The van der Waals surface area contributed by atoms with Crippen LogP contribution < -0.4 is 5.73 Å². The van der Waals surface area contributed by atoms with Gasteiger partial charge < -0.3 is 5.73 Å². The lowest BCUT2D eigenvalue weighted by Gasteiger charge is -1.99. The van der Waals surface area contributed by atoms with Crippen LogP contribution in [-0.4, -0.2) is 10.2 Å². The van der Waals surface area contributed by atoms with Gasteiger partial charge in [0.05, 0.1) is 0 Å². The number of aromatic nitrogens is 2. The number of hydrogen-bond donors (Lipinski definition) is 1. The fourth-order valence-electron chi connectivity index (χ4n) is 1.27. The summed E-state index contributed by atoms with van der Waals surface area (Å²) < 4.78 is 26.0. The highest BCUT2D eigenvalue weighted by Crippen LogP contribution is 2.17. The smallest absolute Gasteiger partial charge is 0.131 e. The Balaban J connectivity index is 2.20. The Morgan fingerprint density at radius 2 is 1.94 bits per heavy atom. The van der Waals surface area contributed by atoms with Crippen LogP contribution in [0.4, 0.5) is 8.78 Å². The summed E-state index contributed by atoms with van der Waals surface area (Å²) in [4.78, 5) is 0. The maximum Gasteiger partial charge on any atom is 0.131 e. The molecule has 0 saturated heterocycles. The van der Waals surface area contributed by atoms with Gasteiger partial charge in [0, 0.05) is 19.0 Å². The van der Waals surface area contributed by atoms with Crippen LogP contribution >= 0.6 is 11.3 Å². The third-order valence-electron chi connectivity index (χ3n) is 2.04. The van der Waals surface area contributed by atoms with Crippen LogP contribution in [0.3, 0.4) is 0 Å². The third-order valence-corrected chi connectivity index (χ3v) is 2.99. The molecule has 0 aliphatic rings. The predicted molar refractivity (Wildman–Crippen MR) is 57.0 cm³/mol. The molecule has 0 atom stereocenters. The molecule has 2 aromatic rings. The molecule has 0 unspecified atom stereocenters. The van der Waals surface area contributed by atoms with Gasteiger partial charge in [0.15, 0.2) is 0 Å². The van der Waals surface area contributed by atoms with Crippen molar-refractivity contribution in [2.24, 2.45) is 5.73 Å². The van der Waals surface area contributed by atoms with E-state index >= 15 is 0 Å². The van der Waals surface area contributed by atoms with Crippen molar-refractivity contribution in [3.63, 3.8) is 0 Å². The Bertz CT molecular complexity index is 499. The van der Waals surface area contributed by atoms with Gasteiger partial charge in [-0.1, -0.05) is 17.4 Å². The van der Waals surface area contributed by atoms with E-state index in [1.54, 1.807) is 0 Å². The summed E-state index contributed by atoms with van der Waals surface area (Å²) in [6.07, 6.45) is 0.309. The van der Waals surface area contributed by atoms with Crippen molar-refractivity contribution in [3.05, 3.63) is 45.4 Å². The van der Waals surface area contributed by atoms with Crippen molar-refractivity contribution >= 4 is 11.3 Å². The molecule has 1 aromatic heterocycles. The van der Waals surface area contributed by atoms with E-state index in [1.165, 1.54) is 23.5 Å². The Hall–Kier alpha value is -1.40. The van der Waals surface area contributed by atoms with E-state index in [9.17, 15) is 8.78 Å². The largest absolute Gasteiger partial charge is 0.324 e. The number of rotatable bonds is 3. The fourth-order valence-corrected chi connectivity index (χ4v) is 2.02. The number of nitrogens with zero attached hydrogens (tertiary/aromatic N) is 2. The third kappa shape index (κ3) is 2.40. The molecule has 0 radical (unpaired) electrons. The van der Waals surface area contributed by atoms with Crippen LogP contribution in [0.15, 0.2) is 18.2 Å². The van der Waals surface area contributed by atoms with E-state index in [2.05, 4.69) is 10.2 Å². The minimum atomic E-state index is -0.582. The fraction of sp³-hybridized carbons (Fsp3) is 0.200. The van der Waals surface area contributed by atoms with Gasteiger partial charge in [-0.05, 0) is 11.6 Å². The van der Waals surface area contributed by atoms with Crippen LogP contribution in [0.1, 0.15) is 15.6 Å². The summed E-state index contributed by atoms with van der Waals surface area (Å²) in [7, 11) is 0. The van der Waals surface area contributed by atoms with Crippen LogP contribution in [0.25, 0.3) is 0 Å². The van der Waals surface area contributed by atoms with E-state index in [0.29, 0.717) is 28.5 Å². The molecule has 84 valence electrons. The molecule has 3 nitrogen and oxygen atoms in total. The molecule has 1 aromatic carbocycles. The van der Waals surface area contributed by atoms with Crippen molar-refractivity contribution in [2.45, 2.75) is 13.0 Å². The van der Waals surface area contributed by atoms with E-state index in [1.807, 2.05) is 0 Å². The first-order chi connectivity index (χ1) is 7.69. The van der Waals surface area contributed by atoms with Gasteiger partial charge >= 0.3 is 0 Å². The van der Waals surface area contributed by atoms with Crippen molar-refractivity contribution in [2.75, 3.05) is 0 Å². The molecule has 0 aliphatic carbocycles. The molecule has 16 heavy (non-hydrogen) atoms. The molecule has 0 spiro atoms. The normalized spacial score (nSPS) is 10.7. The SMILES string of the molecule is NCc1nnc(Cc2ccc(F)cc2F)s1. The highest BCUT2D eigenvalue weighted by Gasteiger charge is 2.08. The minimum absolute atomic E-state index is 0.309. The molecule has 0 amide bonds. The quantitative estimate of drug-likeness (QED) is 0.892. The zero-order chi connectivity index (χ0) is 11.5. The summed E-state index contributed by atoms with van der Waals surface area (Å²) in [6.45, 7) is 0.323. The lowest BCUT2D eigenvalue weighted by molar-refractivity contribution is 0.574. The highest BCUT2D eigenvalue weighted by molar-refractivity contribution is 7.11. The Kier molecular flexibility index (Phi) is 3.21. The molecule has 0 aliphatic heterocycles. The lowest BCUT2D eigenvalue weighted by Crippen LogP contribution is -1.94. The summed E-state index contributed by atoms with van der Waals surface area (Å²) in [6, 6.07) is 3.50. The van der Waals surface area contributed by atoms with E-state index < -0.39 is 11.6 Å². The van der Waals surface area contributed by atoms with Crippen LogP contribution in [0, 0.1) is 11.6 Å². The minimum Gasteiger partial charge on any atom is -0.324 e. The van der Waals surface area contributed by atoms with Crippen LogP contribution in [-0.2, 0) is 13.0 Å². The van der Waals surface area contributed by atoms with Gasteiger partial charge in [-0.3, -0.25) is 0 Å². The maximum absolute atomic E-state index is 13.3. The molecule has 0 saturated carbocycles. The van der Waals surface area contributed by atoms with Crippen molar-refractivity contribution in [1.82, 2.24) is 10.2 Å². The lowest BCUT2D eigenvalue weighted by atomic mass is 10.1. The van der Waals surface area contributed by atoms with Crippen molar-refractivity contribution < 1.29 is 8.78 Å². The average molecular weight is 241 g/mol. The first-order valence-electron chi connectivity index (χ1n) is 4.64. The Morgan fingerprint density at radius 3 is 2.56 bits per heavy atom. The summed E-state index contributed by atoms with van der Waals surface area (Å²) in [5, 5.41) is 9.08. The number of halogens is 2. The second kappa shape index (κ2) is 4.63. The molecule has 2 N–H and O–H groups in total. The molecule has 1 heterocycles. The molecule has 0 bridgehead atoms. The van der Waals surface area contributed by atoms with Crippen molar-refractivity contribution in [3.8, 4) is 0 Å². The van der Waals surface area contributed by atoms with Gasteiger partial charge in [-0.2, -0.15) is 0 Å². The topological polar surface area (TPSA) is 51.8 Å². The predicted octanol–water partition coefficient (Wildman–Crippen LogP) is 1.87. The monoisotopic (exact) mass is 241 g/mol. The number of nitrogens with two attached hydrogens (primary N) is 1. The Morgan fingerprint density at radius 1 is 1.19 bits per heavy atom. The number of benzene rings is 1. The highest BCUT2D eigenvalue weighted by atomic mass is 32.1. The van der Waals surface area contributed by atoms with Crippen LogP contribution in [0.2, 0.25) is 0 Å². The zero-order valence-corrected chi connectivity index (χ0v) is 9.10. The van der Waals surface area contributed by atoms with Gasteiger partial charge in [0.25, 0.3) is 0 Å². The van der Waals surface area contributed by atoms with Crippen LogP contribution in [0.5, 0.6) is 0 Å². The van der Waals surface area contributed by atoms with Crippen molar-refractivity contribution in [1.29, 1.82) is 0 Å². The second-order valence-electron chi connectivity index (χ2n) is 3.21. The summed E-state index contributed by atoms with van der Waals surface area (Å²) >= 11 is 1.33. The first-order valence-corrected chi connectivity index (χ1v) is 5.46. The maximum atomic E-state index is 13.3. The van der Waals surface area contributed by atoms with E-state index in [-0.39, 0.29) is 0 Å². The Labute approximate surface area is 94.9 Å². The van der Waals surface area contributed by atoms with Gasteiger partial charge in [-0.15, -0.1) is 10.2 Å². The summed E-state index contributed by atoms with van der Waals surface area (Å²) in [5.41, 5.74) is 5.79. The average Bonchev–Trinajstić information content (AvgIpc) is 2.70. The molecular formula is C10H9F2N3S. The summed E-state index contributed by atoms with van der Waals surface area (Å²) in [5.74, 6) is -1.15. The van der Waals surface area contributed by atoms with Gasteiger partial charge in [0.2, 0.25) is 0 Å². The van der Waals surface area contributed by atoms with Gasteiger partial charge in [0.1, 0.15) is 21.6 Å². The van der Waals surface area contributed by atoms with E-state index in [0.717, 1.165) is 6.07 Å².